The molecule has 1 amide bonds. The number of amides is 1. The number of likely N-dealkylation sites (tertiary alicyclic amines) is 1. The van der Waals surface area contributed by atoms with E-state index in [1.54, 1.807) is 35.2 Å². The first-order chi connectivity index (χ1) is 19.0. The summed E-state index contributed by atoms with van der Waals surface area (Å²) in [4.78, 5) is 27.5. The summed E-state index contributed by atoms with van der Waals surface area (Å²) >= 11 is 0. The van der Waals surface area contributed by atoms with Gasteiger partial charge in [-0.25, -0.2) is 4.79 Å². The second-order valence-electron chi connectivity index (χ2n) is 9.51. The third-order valence-electron chi connectivity index (χ3n) is 7.11. The molecule has 1 aromatic heterocycles. The smallest absolute Gasteiger partial charge is 0.415 e. The lowest BCUT2D eigenvalue weighted by molar-refractivity contribution is 0.131. The Morgan fingerprint density at radius 3 is 2.23 bits per heavy atom. The van der Waals surface area contributed by atoms with Gasteiger partial charge in [-0.15, -0.1) is 0 Å². The van der Waals surface area contributed by atoms with Crippen molar-refractivity contribution in [1.29, 1.82) is 0 Å². The molecule has 1 fully saturated rings. The molecule has 2 heterocycles. The molecule has 0 radical (unpaired) electrons. The molecular formula is C31H31NO7. The van der Waals surface area contributed by atoms with Gasteiger partial charge in [0, 0.05) is 30.8 Å². The van der Waals surface area contributed by atoms with Crippen LogP contribution in [0.1, 0.15) is 18.4 Å². The van der Waals surface area contributed by atoms with Crippen LogP contribution in [0, 0.1) is 5.92 Å². The van der Waals surface area contributed by atoms with E-state index in [9.17, 15) is 9.59 Å². The molecule has 0 bridgehead atoms. The number of rotatable bonds is 7. The maximum Gasteiger partial charge on any atom is 0.415 e. The highest BCUT2D eigenvalue weighted by atomic mass is 16.6. The fraction of sp³-hybridized carbons (Fsp3) is 0.290. The Morgan fingerprint density at radius 2 is 1.59 bits per heavy atom. The van der Waals surface area contributed by atoms with Crippen molar-refractivity contribution in [2.24, 2.45) is 5.92 Å². The van der Waals surface area contributed by atoms with E-state index in [2.05, 4.69) is 24.3 Å². The summed E-state index contributed by atoms with van der Waals surface area (Å²) in [6.07, 6.45) is 2.58. The van der Waals surface area contributed by atoms with Crippen LogP contribution in [0.15, 0.2) is 75.9 Å². The predicted molar refractivity (Wildman–Crippen MR) is 148 cm³/mol. The average Bonchev–Trinajstić information content (AvgIpc) is 2.97. The molecule has 1 saturated heterocycles. The Balaban J connectivity index is 1.27. The van der Waals surface area contributed by atoms with Crippen LogP contribution in [0.2, 0.25) is 0 Å². The van der Waals surface area contributed by atoms with Crippen molar-refractivity contribution in [2.75, 3.05) is 34.4 Å². The van der Waals surface area contributed by atoms with E-state index < -0.39 is 0 Å². The Bertz CT molecular complexity index is 1500. The topological polar surface area (TPSA) is 87.4 Å². The van der Waals surface area contributed by atoms with E-state index in [-0.39, 0.29) is 22.7 Å². The van der Waals surface area contributed by atoms with Crippen LogP contribution in [-0.2, 0) is 6.42 Å². The van der Waals surface area contributed by atoms with Gasteiger partial charge in [0.2, 0.25) is 5.75 Å². The summed E-state index contributed by atoms with van der Waals surface area (Å²) in [5.41, 5.74) is 2.01. The number of piperidine rings is 1. The van der Waals surface area contributed by atoms with Gasteiger partial charge in [-0.3, -0.25) is 4.79 Å². The number of ether oxygens (including phenoxy) is 4. The minimum atomic E-state index is -0.355. The summed E-state index contributed by atoms with van der Waals surface area (Å²) in [7, 11) is 4.43. The number of fused-ring (bicyclic) bond motifs is 1. The lowest BCUT2D eigenvalue weighted by Gasteiger charge is -2.31. The van der Waals surface area contributed by atoms with Crippen molar-refractivity contribution >= 4 is 17.1 Å². The highest BCUT2D eigenvalue weighted by Crippen LogP contribution is 2.42. The first kappa shape index (κ1) is 26.2. The summed E-state index contributed by atoms with van der Waals surface area (Å²) in [6.45, 7) is 1.35. The van der Waals surface area contributed by atoms with Crippen molar-refractivity contribution < 1.29 is 28.2 Å². The zero-order valence-electron chi connectivity index (χ0n) is 22.3. The molecule has 1 aliphatic rings. The summed E-state index contributed by atoms with van der Waals surface area (Å²) in [5, 5.41) is 0.261. The van der Waals surface area contributed by atoms with Crippen LogP contribution in [0.5, 0.6) is 23.0 Å². The number of hydrogen-bond acceptors (Lipinski definition) is 7. The monoisotopic (exact) mass is 529 g/mol. The van der Waals surface area contributed by atoms with E-state index in [1.807, 2.05) is 6.07 Å². The van der Waals surface area contributed by atoms with Gasteiger partial charge in [0.1, 0.15) is 22.5 Å². The quantitative estimate of drug-likeness (QED) is 0.293. The fourth-order valence-electron chi connectivity index (χ4n) is 5.05. The van der Waals surface area contributed by atoms with Gasteiger partial charge >= 0.3 is 6.09 Å². The fourth-order valence-corrected chi connectivity index (χ4v) is 5.05. The summed E-state index contributed by atoms with van der Waals surface area (Å²) in [5.74, 6) is 2.30. The van der Waals surface area contributed by atoms with Crippen LogP contribution in [0.25, 0.3) is 22.3 Å². The van der Waals surface area contributed by atoms with E-state index >= 15 is 0 Å². The maximum atomic E-state index is 13.0. The van der Waals surface area contributed by atoms with E-state index in [0.29, 0.717) is 53.2 Å². The lowest BCUT2D eigenvalue weighted by Crippen LogP contribution is -2.40. The number of hydrogen-bond donors (Lipinski definition) is 0. The number of nitrogens with zero attached hydrogens (tertiary/aromatic N) is 1. The third kappa shape index (κ3) is 5.55. The third-order valence-corrected chi connectivity index (χ3v) is 7.11. The summed E-state index contributed by atoms with van der Waals surface area (Å²) in [6, 6.07) is 20.3. The lowest BCUT2D eigenvalue weighted by atomic mass is 9.90. The average molecular weight is 530 g/mol. The van der Waals surface area contributed by atoms with Gasteiger partial charge in [-0.2, -0.15) is 0 Å². The number of carbonyl (C=O) groups is 1. The Hall–Kier alpha value is -4.46. The highest BCUT2D eigenvalue weighted by molar-refractivity contribution is 5.90. The molecule has 8 nitrogen and oxygen atoms in total. The Kier molecular flexibility index (Phi) is 7.72. The van der Waals surface area contributed by atoms with Crippen LogP contribution in [0.3, 0.4) is 0 Å². The molecule has 202 valence electrons. The van der Waals surface area contributed by atoms with Crippen LogP contribution in [0.4, 0.5) is 4.79 Å². The zero-order chi connectivity index (χ0) is 27.4. The second kappa shape index (κ2) is 11.5. The highest BCUT2D eigenvalue weighted by Gasteiger charge is 2.25. The Morgan fingerprint density at radius 1 is 0.897 bits per heavy atom. The molecule has 39 heavy (non-hydrogen) atoms. The first-order valence-corrected chi connectivity index (χ1v) is 12.9. The van der Waals surface area contributed by atoms with Gasteiger partial charge in [0.25, 0.3) is 0 Å². The van der Waals surface area contributed by atoms with Crippen molar-refractivity contribution in [3.05, 3.63) is 82.5 Å². The minimum absolute atomic E-state index is 0.249. The van der Waals surface area contributed by atoms with Crippen molar-refractivity contribution in [2.45, 2.75) is 19.3 Å². The van der Waals surface area contributed by atoms with E-state index in [4.69, 9.17) is 23.4 Å². The van der Waals surface area contributed by atoms with Crippen molar-refractivity contribution in [3.63, 3.8) is 0 Å². The summed E-state index contributed by atoms with van der Waals surface area (Å²) < 4.78 is 27.9. The van der Waals surface area contributed by atoms with Gasteiger partial charge in [0.05, 0.1) is 21.3 Å². The minimum Gasteiger partial charge on any atom is -0.493 e. The molecule has 0 atom stereocenters. The normalized spacial score (nSPS) is 13.8. The molecule has 1 aliphatic heterocycles. The Labute approximate surface area is 226 Å². The van der Waals surface area contributed by atoms with E-state index in [1.165, 1.54) is 33.0 Å². The van der Waals surface area contributed by atoms with E-state index in [0.717, 1.165) is 19.3 Å². The molecule has 5 rings (SSSR count). The van der Waals surface area contributed by atoms with Gasteiger partial charge < -0.3 is 28.3 Å². The second-order valence-corrected chi connectivity index (χ2v) is 9.51. The largest absolute Gasteiger partial charge is 0.493 e. The molecule has 0 unspecified atom stereocenters. The molecule has 0 aliphatic carbocycles. The van der Waals surface area contributed by atoms with Gasteiger partial charge in [0.15, 0.2) is 16.9 Å². The number of carbonyl (C=O) groups excluding carboxylic acids is 1. The molecule has 0 spiro atoms. The van der Waals surface area contributed by atoms with Crippen LogP contribution in [-0.4, -0.2) is 45.4 Å². The van der Waals surface area contributed by atoms with Gasteiger partial charge in [-0.1, -0.05) is 30.3 Å². The standard InChI is InChI=1S/C31H31NO7/c1-35-27-19-26-28(30(37-3)29(27)36-2)24(33)18-25(39-26)22-9-11-23(12-10-22)38-31(34)32-15-13-21(14-16-32)17-20-7-5-4-6-8-20/h4-12,18-19,21H,13-17H2,1-3H3. The van der Waals surface area contributed by atoms with Gasteiger partial charge in [-0.05, 0) is 55.0 Å². The first-order valence-electron chi connectivity index (χ1n) is 12.9. The number of methoxy groups -OCH3 is 3. The SMILES string of the molecule is COc1cc2oc(-c3ccc(OC(=O)N4CCC(Cc5ccccc5)CC4)cc3)cc(=O)c2c(OC)c1OC. The maximum absolute atomic E-state index is 13.0. The number of benzene rings is 3. The molecule has 8 heteroatoms. The van der Waals surface area contributed by atoms with Crippen molar-refractivity contribution in [1.82, 2.24) is 4.90 Å². The molecule has 0 saturated carbocycles. The molecular weight excluding hydrogens is 498 g/mol. The molecule has 0 N–H and O–H groups in total. The zero-order valence-corrected chi connectivity index (χ0v) is 22.3. The molecule has 4 aromatic rings. The predicted octanol–water partition coefficient (Wildman–Crippen LogP) is 5.94. The molecule has 3 aromatic carbocycles. The van der Waals surface area contributed by atoms with Crippen LogP contribution < -0.4 is 24.4 Å². The van der Waals surface area contributed by atoms with Crippen LogP contribution >= 0.6 is 0 Å². The van der Waals surface area contributed by atoms with Crippen molar-refractivity contribution in [3.8, 4) is 34.3 Å².